The van der Waals surface area contributed by atoms with E-state index in [0.29, 0.717) is 18.5 Å². The van der Waals surface area contributed by atoms with Gasteiger partial charge < -0.3 is 24.7 Å². The minimum absolute atomic E-state index is 0.210. The second-order valence-electron chi connectivity index (χ2n) is 9.52. The Morgan fingerprint density at radius 3 is 2.71 bits per heavy atom. The summed E-state index contributed by atoms with van der Waals surface area (Å²) in [5.74, 6) is -3.95. The first-order chi connectivity index (χ1) is 16.1. The van der Waals surface area contributed by atoms with Gasteiger partial charge in [-0.15, -0.1) is 6.58 Å². The molecule has 0 aliphatic carbocycles. The van der Waals surface area contributed by atoms with Crippen molar-refractivity contribution in [2.75, 3.05) is 18.1 Å². The van der Waals surface area contributed by atoms with Crippen molar-refractivity contribution in [2.24, 2.45) is 11.8 Å². The summed E-state index contributed by atoms with van der Waals surface area (Å²) in [6, 6.07) is 4.12. The van der Waals surface area contributed by atoms with Gasteiger partial charge in [-0.3, -0.25) is 14.4 Å². The molecule has 1 aromatic carbocycles. The van der Waals surface area contributed by atoms with Crippen molar-refractivity contribution in [2.45, 2.75) is 62.2 Å². The highest BCUT2D eigenvalue weighted by molar-refractivity contribution is 9.09. The molecular weight excluding hydrogens is 504 g/mol. The van der Waals surface area contributed by atoms with Gasteiger partial charge >= 0.3 is 5.97 Å². The smallest absolute Gasteiger partial charge is 0.310 e. The number of carboxylic acids is 1. The second-order valence-corrected chi connectivity index (χ2v) is 10.7. The van der Waals surface area contributed by atoms with E-state index in [2.05, 4.69) is 22.5 Å². The van der Waals surface area contributed by atoms with Gasteiger partial charge in [-0.1, -0.05) is 41.1 Å². The number of rotatable bonds is 8. The molecule has 7 atom stereocenters. The lowest BCUT2D eigenvalue weighted by atomic mass is 9.70. The van der Waals surface area contributed by atoms with E-state index in [1.54, 1.807) is 11.0 Å². The molecule has 3 heterocycles. The van der Waals surface area contributed by atoms with Crippen molar-refractivity contribution in [1.82, 2.24) is 4.90 Å². The summed E-state index contributed by atoms with van der Waals surface area (Å²) in [4.78, 5) is 43.1. The zero-order valence-electron chi connectivity index (χ0n) is 19.6. The number of benzene rings is 1. The van der Waals surface area contributed by atoms with Gasteiger partial charge in [0, 0.05) is 17.1 Å². The van der Waals surface area contributed by atoms with E-state index in [4.69, 9.17) is 4.74 Å². The van der Waals surface area contributed by atoms with Crippen LogP contribution in [0.2, 0.25) is 0 Å². The molecule has 1 spiro atoms. The van der Waals surface area contributed by atoms with Crippen LogP contribution in [0.4, 0.5) is 5.69 Å². The van der Waals surface area contributed by atoms with Gasteiger partial charge in [0.25, 0.3) is 5.91 Å². The first kappa shape index (κ1) is 24.9. The first-order valence-electron chi connectivity index (χ1n) is 11.6. The van der Waals surface area contributed by atoms with Crippen LogP contribution >= 0.6 is 15.9 Å². The molecule has 9 heteroatoms. The average Bonchev–Trinajstić information content (AvgIpc) is 3.38. The number of carboxylic acid groups (broad SMARTS) is 1. The van der Waals surface area contributed by atoms with Crippen molar-refractivity contribution in [1.29, 1.82) is 0 Å². The van der Waals surface area contributed by atoms with E-state index in [9.17, 15) is 24.6 Å². The number of aliphatic hydroxyl groups is 1. The van der Waals surface area contributed by atoms with E-state index in [1.165, 1.54) is 4.90 Å². The van der Waals surface area contributed by atoms with Crippen LogP contribution < -0.4 is 4.90 Å². The predicted molar refractivity (Wildman–Crippen MR) is 130 cm³/mol. The number of halogens is 1. The number of aryl methyl sites for hydroxylation is 2. The number of nitrogens with zero attached hydrogens (tertiary/aromatic N) is 2. The standard InChI is InChI=1S/C25H31BrN2O6/c1-5-9-27(17-10-13(3)7-8-14(17)4)23(31)21-25-11-16(26)20(34-25)18(24(32)33)19(25)22(30)28(21)15(6-2)12-29/h5,7-8,10,15-16,18-21,29H,1,6,9,11-12H2,2-4H3,(H,32,33)/t15-,16?,18+,19-,20+,21+,25-/m0/s1. The number of aliphatic carboxylic acids is 1. The van der Waals surface area contributed by atoms with Crippen LogP contribution in [0.25, 0.3) is 0 Å². The van der Waals surface area contributed by atoms with Crippen LogP contribution in [0.3, 0.4) is 0 Å². The van der Waals surface area contributed by atoms with Gasteiger partial charge in [0.15, 0.2) is 0 Å². The van der Waals surface area contributed by atoms with Crippen LogP contribution in [0.15, 0.2) is 30.9 Å². The summed E-state index contributed by atoms with van der Waals surface area (Å²) in [6.07, 6.45) is 1.67. The van der Waals surface area contributed by atoms with Crippen LogP contribution in [0, 0.1) is 25.7 Å². The number of ether oxygens (including phenoxy) is 1. The Morgan fingerprint density at radius 1 is 1.41 bits per heavy atom. The van der Waals surface area contributed by atoms with Crippen LogP contribution in [-0.2, 0) is 19.1 Å². The summed E-state index contributed by atoms with van der Waals surface area (Å²) in [5, 5.41) is 20.1. The Bertz CT molecular complexity index is 1030. The third-order valence-corrected chi connectivity index (χ3v) is 8.40. The fourth-order valence-electron chi connectivity index (χ4n) is 6.03. The van der Waals surface area contributed by atoms with Gasteiger partial charge in [0.05, 0.1) is 30.6 Å². The number of hydrogen-bond acceptors (Lipinski definition) is 5. The zero-order chi connectivity index (χ0) is 24.9. The van der Waals surface area contributed by atoms with E-state index in [1.807, 2.05) is 39.0 Å². The van der Waals surface area contributed by atoms with Crippen LogP contribution in [0.1, 0.15) is 30.9 Å². The molecular formula is C25H31BrN2O6. The Hall–Kier alpha value is -2.23. The highest BCUT2D eigenvalue weighted by Crippen LogP contribution is 2.60. The summed E-state index contributed by atoms with van der Waals surface area (Å²) in [7, 11) is 0. The number of anilines is 1. The molecule has 1 aromatic rings. The van der Waals surface area contributed by atoms with Crippen molar-refractivity contribution in [3.63, 3.8) is 0 Å². The lowest BCUT2D eigenvalue weighted by molar-refractivity contribution is -0.150. The normalized spacial score (nSPS) is 32.6. The number of carbonyl (C=O) groups excluding carboxylic acids is 2. The maximum Gasteiger partial charge on any atom is 0.310 e. The summed E-state index contributed by atoms with van der Waals surface area (Å²) < 4.78 is 6.32. The minimum Gasteiger partial charge on any atom is -0.481 e. The Morgan fingerprint density at radius 2 is 2.12 bits per heavy atom. The van der Waals surface area contributed by atoms with Crippen molar-refractivity contribution >= 4 is 39.4 Å². The monoisotopic (exact) mass is 534 g/mol. The topological polar surface area (TPSA) is 107 Å². The number of alkyl halides is 1. The van der Waals surface area contributed by atoms with Gasteiger partial charge in [-0.25, -0.2) is 0 Å². The molecule has 0 saturated carbocycles. The van der Waals surface area contributed by atoms with E-state index in [-0.39, 0.29) is 23.9 Å². The molecule has 3 aliphatic heterocycles. The van der Waals surface area contributed by atoms with Crippen molar-refractivity contribution in [3.05, 3.63) is 42.0 Å². The molecule has 184 valence electrons. The average molecular weight is 535 g/mol. The van der Waals surface area contributed by atoms with Crippen molar-refractivity contribution in [3.8, 4) is 0 Å². The summed E-state index contributed by atoms with van der Waals surface area (Å²) >= 11 is 3.55. The van der Waals surface area contributed by atoms with Gasteiger partial charge in [0.1, 0.15) is 11.6 Å². The predicted octanol–water partition coefficient (Wildman–Crippen LogP) is 2.43. The molecule has 3 fully saturated rings. The molecule has 0 radical (unpaired) electrons. The number of likely N-dealkylation sites (tertiary alicyclic amines) is 1. The lowest BCUT2D eigenvalue weighted by Gasteiger charge is -2.39. The molecule has 4 rings (SSSR count). The number of amides is 2. The molecule has 3 aliphatic rings. The number of hydrogen-bond donors (Lipinski definition) is 2. The van der Waals surface area contributed by atoms with E-state index < -0.39 is 47.5 Å². The first-order valence-corrected chi connectivity index (χ1v) is 12.5. The maximum atomic E-state index is 14.4. The molecule has 8 nitrogen and oxygen atoms in total. The van der Waals surface area contributed by atoms with Gasteiger partial charge in [0.2, 0.25) is 5.91 Å². The maximum absolute atomic E-state index is 14.4. The molecule has 2 amide bonds. The highest BCUT2D eigenvalue weighted by atomic mass is 79.9. The highest BCUT2D eigenvalue weighted by Gasteiger charge is 2.77. The molecule has 0 aromatic heterocycles. The Labute approximate surface area is 207 Å². The quantitative estimate of drug-likeness (QED) is 0.391. The second kappa shape index (κ2) is 9.09. The van der Waals surface area contributed by atoms with E-state index >= 15 is 0 Å². The molecule has 1 unspecified atom stereocenters. The fourth-order valence-corrected chi connectivity index (χ4v) is 6.97. The molecule has 2 N–H and O–H groups in total. The fraction of sp³-hybridized carbons (Fsp3) is 0.560. The Balaban J connectivity index is 1.87. The van der Waals surface area contributed by atoms with Crippen LogP contribution in [-0.4, -0.2) is 74.7 Å². The molecule has 34 heavy (non-hydrogen) atoms. The Kier molecular flexibility index (Phi) is 6.65. The van der Waals surface area contributed by atoms with Gasteiger partial charge in [-0.2, -0.15) is 0 Å². The largest absolute Gasteiger partial charge is 0.481 e. The number of fused-ring (bicyclic) bond motifs is 1. The number of aliphatic hydroxyl groups excluding tert-OH is 1. The van der Waals surface area contributed by atoms with Crippen molar-refractivity contribution < 1.29 is 29.3 Å². The molecule has 2 bridgehead atoms. The van der Waals surface area contributed by atoms with Gasteiger partial charge in [-0.05, 0) is 43.9 Å². The zero-order valence-corrected chi connectivity index (χ0v) is 21.2. The number of carbonyl (C=O) groups is 3. The SMILES string of the molecule is C=CCN(C(=O)[C@H]1N([C@@H](CC)CO)C(=O)[C@@H]2[C@@H](C(=O)O)[C@@H]3O[C@@]21CC3Br)c1cc(C)ccc1C. The third kappa shape index (κ3) is 3.51. The van der Waals surface area contributed by atoms with Crippen LogP contribution in [0.5, 0.6) is 0 Å². The summed E-state index contributed by atoms with van der Waals surface area (Å²) in [5.41, 5.74) is 1.28. The summed E-state index contributed by atoms with van der Waals surface area (Å²) in [6.45, 7) is 9.37. The van der Waals surface area contributed by atoms with E-state index in [0.717, 1.165) is 11.1 Å². The minimum atomic E-state index is -1.28. The lowest BCUT2D eigenvalue weighted by Crippen LogP contribution is -2.59. The molecule has 3 saturated heterocycles. The third-order valence-electron chi connectivity index (χ3n) is 7.55.